The summed E-state index contributed by atoms with van der Waals surface area (Å²) in [5, 5.41) is 8.25. The third-order valence-corrected chi connectivity index (χ3v) is 6.57. The molecule has 4 rings (SSSR count). The van der Waals surface area contributed by atoms with Gasteiger partial charge in [-0.25, -0.2) is 9.37 Å². The van der Waals surface area contributed by atoms with Crippen LogP contribution in [0.15, 0.2) is 60.0 Å². The molecule has 35 heavy (non-hydrogen) atoms. The maximum Gasteiger partial charge on any atom is 0.271 e. The van der Waals surface area contributed by atoms with Gasteiger partial charge in [0.1, 0.15) is 23.9 Å². The molecule has 1 fully saturated rings. The smallest absolute Gasteiger partial charge is 0.271 e. The lowest BCUT2D eigenvalue weighted by atomic mass is 9.90. The van der Waals surface area contributed by atoms with Gasteiger partial charge in [0.15, 0.2) is 11.6 Å². The van der Waals surface area contributed by atoms with Crippen molar-refractivity contribution in [2.45, 2.75) is 51.0 Å². The summed E-state index contributed by atoms with van der Waals surface area (Å²) in [7, 11) is 0. The molecule has 2 amide bonds. The Labute approximate surface area is 207 Å². The Morgan fingerprint density at radius 3 is 2.46 bits per heavy atom. The number of thiazole rings is 1. The number of rotatable bonds is 10. The van der Waals surface area contributed by atoms with E-state index in [9.17, 15) is 14.0 Å². The molecule has 2 atom stereocenters. The minimum Gasteiger partial charge on any atom is -0.483 e. The molecule has 2 aromatic carbocycles. The van der Waals surface area contributed by atoms with Crippen molar-refractivity contribution in [2.24, 2.45) is 0 Å². The number of carbonyl (C=O) groups excluding carboxylic acids is 2. The summed E-state index contributed by atoms with van der Waals surface area (Å²) in [6.07, 6.45) is 3.51. The monoisotopic (exact) mass is 497 g/mol. The standard InChI is InChI=1S/C26H28FN3O4S/c27-19-10-4-7-13-23(19)34-16-25-29-22(17-35-25)26(32)30-21-12-6-5-11-20(21)28-24(31)15-33-14-18-8-2-1-3-9-18/h1-4,7-10,13,17,20-21H,5-6,11-12,14-16H2,(H,28,31)(H,30,32)/t20-,21-/m1/s1. The third-order valence-electron chi connectivity index (χ3n) is 5.75. The van der Waals surface area contributed by atoms with Crippen LogP contribution in [0.3, 0.4) is 0 Å². The number of nitrogens with one attached hydrogen (secondary N) is 2. The van der Waals surface area contributed by atoms with Crippen molar-refractivity contribution in [1.29, 1.82) is 0 Å². The van der Waals surface area contributed by atoms with Crippen LogP contribution in [-0.2, 0) is 22.7 Å². The Hall–Kier alpha value is -3.30. The van der Waals surface area contributed by atoms with Gasteiger partial charge in [0.25, 0.3) is 5.91 Å². The third kappa shape index (κ3) is 7.34. The Balaban J connectivity index is 1.25. The molecule has 0 spiro atoms. The quantitative estimate of drug-likeness (QED) is 0.438. The number of aromatic nitrogens is 1. The molecule has 0 bridgehead atoms. The number of halogens is 1. The van der Waals surface area contributed by atoms with E-state index < -0.39 is 5.82 Å². The first kappa shape index (κ1) is 24.8. The van der Waals surface area contributed by atoms with Gasteiger partial charge in [-0.1, -0.05) is 55.3 Å². The lowest BCUT2D eigenvalue weighted by Crippen LogP contribution is -2.53. The highest BCUT2D eigenvalue weighted by Crippen LogP contribution is 2.21. The molecule has 1 aliphatic rings. The summed E-state index contributed by atoms with van der Waals surface area (Å²) in [5.41, 5.74) is 1.29. The van der Waals surface area contributed by atoms with Crippen molar-refractivity contribution >= 4 is 23.2 Å². The molecular formula is C26H28FN3O4S. The van der Waals surface area contributed by atoms with Gasteiger partial charge in [-0.15, -0.1) is 11.3 Å². The van der Waals surface area contributed by atoms with Crippen molar-refractivity contribution in [3.8, 4) is 5.75 Å². The molecule has 1 aromatic heterocycles. The van der Waals surface area contributed by atoms with Crippen molar-refractivity contribution in [3.63, 3.8) is 0 Å². The van der Waals surface area contributed by atoms with Crippen LogP contribution < -0.4 is 15.4 Å². The lowest BCUT2D eigenvalue weighted by Gasteiger charge is -2.32. The van der Waals surface area contributed by atoms with Gasteiger partial charge >= 0.3 is 0 Å². The zero-order valence-corrected chi connectivity index (χ0v) is 20.1. The first-order chi connectivity index (χ1) is 17.1. The Bertz CT molecular complexity index is 1120. The molecule has 1 saturated carbocycles. The van der Waals surface area contributed by atoms with E-state index in [-0.39, 0.29) is 48.6 Å². The average Bonchev–Trinajstić information content (AvgIpc) is 3.35. The number of amides is 2. The average molecular weight is 498 g/mol. The van der Waals surface area contributed by atoms with E-state index in [2.05, 4.69) is 15.6 Å². The molecule has 0 unspecified atom stereocenters. The molecule has 0 aliphatic heterocycles. The molecule has 3 aromatic rings. The van der Waals surface area contributed by atoms with E-state index in [0.717, 1.165) is 31.2 Å². The van der Waals surface area contributed by atoms with Crippen molar-refractivity contribution in [3.05, 3.63) is 82.1 Å². The fourth-order valence-corrected chi connectivity index (χ4v) is 4.67. The predicted octanol–water partition coefficient (Wildman–Crippen LogP) is 4.24. The number of para-hydroxylation sites is 1. The molecule has 1 aliphatic carbocycles. The molecule has 2 N–H and O–H groups in total. The second-order valence-electron chi connectivity index (χ2n) is 8.36. The van der Waals surface area contributed by atoms with Crippen LogP contribution in [0.4, 0.5) is 4.39 Å². The number of carbonyl (C=O) groups is 2. The Kier molecular flexibility index (Phi) is 8.80. The summed E-state index contributed by atoms with van der Waals surface area (Å²) in [6, 6.07) is 15.5. The van der Waals surface area contributed by atoms with Crippen LogP contribution in [0, 0.1) is 5.82 Å². The highest BCUT2D eigenvalue weighted by Gasteiger charge is 2.28. The normalized spacial score (nSPS) is 17.5. The number of ether oxygens (including phenoxy) is 2. The minimum absolute atomic E-state index is 0.0382. The summed E-state index contributed by atoms with van der Waals surface area (Å²) in [6.45, 7) is 0.402. The number of nitrogens with zero attached hydrogens (tertiary/aromatic N) is 1. The van der Waals surface area contributed by atoms with Crippen LogP contribution in [0.25, 0.3) is 0 Å². The van der Waals surface area contributed by atoms with Crippen LogP contribution in [0.2, 0.25) is 0 Å². The van der Waals surface area contributed by atoms with E-state index >= 15 is 0 Å². The largest absolute Gasteiger partial charge is 0.483 e. The Morgan fingerprint density at radius 1 is 0.971 bits per heavy atom. The second kappa shape index (κ2) is 12.4. The molecular weight excluding hydrogens is 469 g/mol. The van der Waals surface area contributed by atoms with E-state index in [0.29, 0.717) is 11.6 Å². The van der Waals surface area contributed by atoms with Gasteiger partial charge in [0, 0.05) is 17.5 Å². The van der Waals surface area contributed by atoms with Crippen LogP contribution in [0.5, 0.6) is 5.75 Å². The van der Waals surface area contributed by atoms with E-state index in [1.54, 1.807) is 23.6 Å². The van der Waals surface area contributed by atoms with Gasteiger partial charge in [-0.3, -0.25) is 9.59 Å². The van der Waals surface area contributed by atoms with Crippen LogP contribution in [-0.4, -0.2) is 35.5 Å². The lowest BCUT2D eigenvalue weighted by molar-refractivity contribution is -0.127. The predicted molar refractivity (Wildman–Crippen MR) is 131 cm³/mol. The number of hydrogen-bond donors (Lipinski definition) is 2. The molecule has 7 nitrogen and oxygen atoms in total. The van der Waals surface area contributed by atoms with Gasteiger partial charge in [0.2, 0.25) is 5.91 Å². The molecule has 1 heterocycles. The number of hydrogen-bond acceptors (Lipinski definition) is 6. The van der Waals surface area contributed by atoms with Crippen LogP contribution in [0.1, 0.15) is 46.7 Å². The molecule has 0 radical (unpaired) electrons. The fourth-order valence-electron chi connectivity index (χ4n) is 3.99. The van der Waals surface area contributed by atoms with E-state index in [4.69, 9.17) is 9.47 Å². The molecule has 0 saturated heterocycles. The van der Waals surface area contributed by atoms with Gasteiger partial charge in [-0.05, 0) is 30.5 Å². The highest BCUT2D eigenvalue weighted by molar-refractivity contribution is 7.09. The maximum absolute atomic E-state index is 13.7. The number of benzene rings is 2. The van der Waals surface area contributed by atoms with E-state index in [1.807, 2.05) is 30.3 Å². The second-order valence-corrected chi connectivity index (χ2v) is 9.31. The van der Waals surface area contributed by atoms with Crippen molar-refractivity contribution < 1.29 is 23.5 Å². The summed E-state index contributed by atoms with van der Waals surface area (Å²) in [4.78, 5) is 29.6. The zero-order chi connectivity index (χ0) is 24.5. The van der Waals surface area contributed by atoms with Crippen molar-refractivity contribution in [2.75, 3.05) is 6.61 Å². The topological polar surface area (TPSA) is 89.6 Å². The first-order valence-electron chi connectivity index (χ1n) is 11.6. The fraction of sp³-hybridized carbons (Fsp3) is 0.346. The summed E-state index contributed by atoms with van der Waals surface area (Å²) in [5.74, 6) is -0.807. The van der Waals surface area contributed by atoms with Crippen LogP contribution >= 0.6 is 11.3 Å². The van der Waals surface area contributed by atoms with Gasteiger partial charge in [-0.2, -0.15) is 0 Å². The van der Waals surface area contributed by atoms with Gasteiger partial charge in [0.05, 0.1) is 6.61 Å². The minimum atomic E-state index is -0.446. The summed E-state index contributed by atoms with van der Waals surface area (Å²) >= 11 is 1.28. The van der Waals surface area contributed by atoms with Crippen molar-refractivity contribution in [1.82, 2.24) is 15.6 Å². The first-order valence-corrected chi connectivity index (χ1v) is 12.5. The highest BCUT2D eigenvalue weighted by atomic mass is 32.1. The zero-order valence-electron chi connectivity index (χ0n) is 19.2. The summed E-state index contributed by atoms with van der Waals surface area (Å²) < 4.78 is 24.7. The van der Waals surface area contributed by atoms with E-state index in [1.165, 1.54) is 17.4 Å². The SMILES string of the molecule is O=C(COCc1ccccc1)N[C@@H]1CCCC[C@H]1NC(=O)c1csc(COc2ccccc2F)n1. The Morgan fingerprint density at radius 2 is 1.69 bits per heavy atom. The molecule has 184 valence electrons. The van der Waals surface area contributed by atoms with Gasteiger partial charge < -0.3 is 20.1 Å². The maximum atomic E-state index is 13.7. The molecule has 9 heteroatoms.